The quantitative estimate of drug-likeness (QED) is 0.750. The predicted molar refractivity (Wildman–Crippen MR) is 97.0 cm³/mol. The van der Waals surface area contributed by atoms with Gasteiger partial charge in [0.05, 0.1) is 18.4 Å². The molecule has 0 radical (unpaired) electrons. The summed E-state index contributed by atoms with van der Waals surface area (Å²) in [6.07, 6.45) is 6.09. The zero-order valence-electron chi connectivity index (χ0n) is 14.9. The molecule has 1 aromatic carbocycles. The Bertz CT molecular complexity index is 610. The van der Waals surface area contributed by atoms with Gasteiger partial charge in [-0.15, -0.1) is 0 Å². The van der Waals surface area contributed by atoms with Crippen LogP contribution in [0.4, 0.5) is 0 Å². The van der Waals surface area contributed by atoms with E-state index in [2.05, 4.69) is 49.5 Å². The average Bonchev–Trinajstić information content (AvgIpc) is 3.13. The van der Waals surface area contributed by atoms with E-state index in [1.165, 1.54) is 5.56 Å². The number of nitrogens with one attached hydrogen (secondary N) is 1. The van der Waals surface area contributed by atoms with Crippen LogP contribution in [-0.2, 0) is 16.7 Å². The zero-order chi connectivity index (χ0) is 16.9. The maximum Gasteiger partial charge on any atom is 0.117 e. The third-order valence-corrected chi connectivity index (χ3v) is 5.54. The highest BCUT2D eigenvalue weighted by Crippen LogP contribution is 2.45. The van der Waals surface area contributed by atoms with E-state index in [1.54, 1.807) is 6.26 Å². The van der Waals surface area contributed by atoms with Crippen molar-refractivity contribution < 1.29 is 9.15 Å². The molecule has 2 atom stereocenters. The van der Waals surface area contributed by atoms with Crippen LogP contribution in [0.2, 0.25) is 0 Å². The monoisotopic (exact) mass is 327 g/mol. The van der Waals surface area contributed by atoms with Crippen LogP contribution in [-0.4, -0.2) is 18.8 Å². The molecule has 1 aliphatic heterocycles. The van der Waals surface area contributed by atoms with E-state index in [-0.39, 0.29) is 11.0 Å². The van der Waals surface area contributed by atoms with Crippen LogP contribution in [0.15, 0.2) is 53.1 Å². The fraction of sp³-hybridized carbons (Fsp3) is 0.524. The van der Waals surface area contributed by atoms with Gasteiger partial charge < -0.3 is 14.5 Å². The van der Waals surface area contributed by atoms with E-state index in [0.717, 1.165) is 51.1 Å². The Morgan fingerprint density at radius 3 is 2.67 bits per heavy atom. The molecule has 1 saturated heterocycles. The van der Waals surface area contributed by atoms with E-state index in [1.807, 2.05) is 12.1 Å². The maximum atomic E-state index is 6.12. The molecule has 2 heterocycles. The molecule has 1 N–H and O–H groups in total. The van der Waals surface area contributed by atoms with Crippen molar-refractivity contribution in [3.63, 3.8) is 0 Å². The number of furan rings is 1. The van der Waals surface area contributed by atoms with Crippen molar-refractivity contribution in [3.05, 3.63) is 60.1 Å². The van der Waals surface area contributed by atoms with E-state index in [9.17, 15) is 0 Å². The SMILES string of the molecule is CCC1(C)CC(CCNCc2ccco2)(c2ccccc2)CCO1. The molecule has 1 aliphatic rings. The molecule has 3 rings (SSSR count). The van der Waals surface area contributed by atoms with Crippen LogP contribution in [0.3, 0.4) is 0 Å². The van der Waals surface area contributed by atoms with Crippen molar-refractivity contribution in [1.82, 2.24) is 5.32 Å². The van der Waals surface area contributed by atoms with Crippen LogP contribution >= 0.6 is 0 Å². The lowest BCUT2D eigenvalue weighted by molar-refractivity contribution is -0.0979. The summed E-state index contributed by atoms with van der Waals surface area (Å²) in [5.41, 5.74) is 1.63. The minimum Gasteiger partial charge on any atom is -0.468 e. The van der Waals surface area contributed by atoms with Gasteiger partial charge in [0, 0.05) is 12.0 Å². The van der Waals surface area contributed by atoms with Crippen molar-refractivity contribution in [1.29, 1.82) is 0 Å². The highest BCUT2D eigenvalue weighted by Gasteiger charge is 2.42. The molecule has 3 heteroatoms. The molecule has 0 bridgehead atoms. The molecule has 3 nitrogen and oxygen atoms in total. The second kappa shape index (κ2) is 7.54. The molecule has 2 unspecified atom stereocenters. The van der Waals surface area contributed by atoms with E-state index >= 15 is 0 Å². The summed E-state index contributed by atoms with van der Waals surface area (Å²) in [6, 6.07) is 14.9. The first-order chi connectivity index (χ1) is 11.7. The van der Waals surface area contributed by atoms with Crippen LogP contribution < -0.4 is 5.32 Å². The minimum absolute atomic E-state index is 0.0187. The smallest absolute Gasteiger partial charge is 0.117 e. The highest BCUT2D eigenvalue weighted by atomic mass is 16.5. The van der Waals surface area contributed by atoms with E-state index in [0.29, 0.717) is 0 Å². The van der Waals surface area contributed by atoms with Crippen LogP contribution in [0.1, 0.15) is 50.9 Å². The van der Waals surface area contributed by atoms with E-state index < -0.39 is 0 Å². The van der Waals surface area contributed by atoms with Crippen molar-refractivity contribution in [2.24, 2.45) is 0 Å². The Morgan fingerprint density at radius 2 is 1.96 bits per heavy atom. The van der Waals surface area contributed by atoms with Gasteiger partial charge in [-0.05, 0) is 56.8 Å². The Labute approximate surface area is 145 Å². The third-order valence-electron chi connectivity index (χ3n) is 5.54. The molecule has 0 amide bonds. The maximum absolute atomic E-state index is 6.12. The van der Waals surface area contributed by atoms with Crippen LogP contribution in [0.5, 0.6) is 0 Å². The molecule has 0 aliphatic carbocycles. The second-order valence-electron chi connectivity index (χ2n) is 7.23. The summed E-state index contributed by atoms with van der Waals surface area (Å²) in [7, 11) is 0. The zero-order valence-corrected chi connectivity index (χ0v) is 14.9. The second-order valence-corrected chi connectivity index (χ2v) is 7.23. The fourth-order valence-electron chi connectivity index (χ4n) is 3.92. The van der Waals surface area contributed by atoms with Gasteiger partial charge in [-0.1, -0.05) is 37.3 Å². The first-order valence-corrected chi connectivity index (χ1v) is 9.08. The largest absolute Gasteiger partial charge is 0.468 e. The van der Waals surface area contributed by atoms with Gasteiger partial charge in [0.15, 0.2) is 0 Å². The van der Waals surface area contributed by atoms with Gasteiger partial charge in [0.25, 0.3) is 0 Å². The van der Waals surface area contributed by atoms with E-state index in [4.69, 9.17) is 9.15 Å². The third kappa shape index (κ3) is 3.90. The molecule has 130 valence electrons. The lowest BCUT2D eigenvalue weighted by Gasteiger charge is -2.47. The Balaban J connectivity index is 1.70. The molecule has 1 fully saturated rings. The Kier molecular flexibility index (Phi) is 5.42. The standard InChI is InChI=1S/C21H29NO2/c1-3-20(2)17-21(12-15-24-20,18-8-5-4-6-9-18)11-13-22-16-19-10-7-14-23-19/h4-10,14,22H,3,11-13,15-17H2,1-2H3. The predicted octanol–water partition coefficient (Wildman–Crippen LogP) is 4.68. The lowest BCUT2D eigenvalue weighted by Crippen LogP contribution is -2.46. The van der Waals surface area contributed by atoms with Crippen molar-refractivity contribution >= 4 is 0 Å². The first-order valence-electron chi connectivity index (χ1n) is 9.08. The van der Waals surface area contributed by atoms with Gasteiger partial charge in [-0.3, -0.25) is 0 Å². The highest BCUT2D eigenvalue weighted by molar-refractivity contribution is 5.27. The molecule has 0 saturated carbocycles. The molecule has 1 aromatic heterocycles. The number of ether oxygens (including phenoxy) is 1. The van der Waals surface area contributed by atoms with Crippen LogP contribution in [0.25, 0.3) is 0 Å². The number of hydrogen-bond donors (Lipinski definition) is 1. The first kappa shape index (κ1) is 17.2. The van der Waals surface area contributed by atoms with Gasteiger partial charge in [-0.2, -0.15) is 0 Å². The van der Waals surface area contributed by atoms with Gasteiger partial charge in [0.1, 0.15) is 5.76 Å². The van der Waals surface area contributed by atoms with Crippen molar-refractivity contribution in [2.75, 3.05) is 13.2 Å². The lowest BCUT2D eigenvalue weighted by atomic mass is 9.66. The van der Waals surface area contributed by atoms with Crippen LogP contribution in [0, 0.1) is 0 Å². The fourth-order valence-corrected chi connectivity index (χ4v) is 3.92. The van der Waals surface area contributed by atoms with Crippen molar-refractivity contribution in [3.8, 4) is 0 Å². The number of benzene rings is 1. The molecule has 2 aromatic rings. The normalized spacial score (nSPS) is 27.2. The summed E-state index contributed by atoms with van der Waals surface area (Å²) in [5.74, 6) is 0.995. The molecule has 0 spiro atoms. The Hall–Kier alpha value is -1.58. The Morgan fingerprint density at radius 1 is 1.12 bits per heavy atom. The minimum atomic E-state index is -0.0187. The molecular formula is C21H29NO2. The van der Waals surface area contributed by atoms with Crippen molar-refractivity contribution in [2.45, 2.75) is 57.1 Å². The molecule has 24 heavy (non-hydrogen) atoms. The topological polar surface area (TPSA) is 34.4 Å². The summed E-state index contributed by atoms with van der Waals surface area (Å²) < 4.78 is 11.5. The van der Waals surface area contributed by atoms with Gasteiger partial charge >= 0.3 is 0 Å². The number of rotatable bonds is 7. The number of hydrogen-bond acceptors (Lipinski definition) is 3. The molecular weight excluding hydrogens is 298 g/mol. The summed E-state index contributed by atoms with van der Waals surface area (Å²) in [5, 5.41) is 3.54. The summed E-state index contributed by atoms with van der Waals surface area (Å²) in [4.78, 5) is 0. The summed E-state index contributed by atoms with van der Waals surface area (Å²) >= 11 is 0. The average molecular weight is 327 g/mol. The van der Waals surface area contributed by atoms with Gasteiger partial charge in [0.2, 0.25) is 0 Å². The summed E-state index contributed by atoms with van der Waals surface area (Å²) in [6.45, 7) is 7.11. The van der Waals surface area contributed by atoms with Gasteiger partial charge in [-0.25, -0.2) is 0 Å².